The third-order valence-corrected chi connectivity index (χ3v) is 16.5. The number of rotatable bonds is 68. The van der Waals surface area contributed by atoms with Crippen molar-refractivity contribution < 1.29 is 28.6 Å². The van der Waals surface area contributed by atoms with Crippen LogP contribution in [0.4, 0.5) is 0 Å². The lowest BCUT2D eigenvalue weighted by Gasteiger charge is -2.18. The van der Waals surface area contributed by atoms with Crippen LogP contribution in [0.1, 0.15) is 393 Å². The van der Waals surface area contributed by atoms with Crippen LogP contribution in [0.5, 0.6) is 0 Å². The summed E-state index contributed by atoms with van der Waals surface area (Å²) >= 11 is 0. The first-order chi connectivity index (χ1) is 41.0. The second-order valence-corrected chi connectivity index (χ2v) is 24.8. The number of allylic oxidation sites excluding steroid dienone is 10. The summed E-state index contributed by atoms with van der Waals surface area (Å²) < 4.78 is 16.9. The van der Waals surface area contributed by atoms with Gasteiger partial charge in [0.25, 0.3) is 0 Å². The van der Waals surface area contributed by atoms with Gasteiger partial charge in [0.1, 0.15) is 13.2 Å². The number of hydrogen-bond donors (Lipinski definition) is 0. The van der Waals surface area contributed by atoms with E-state index in [4.69, 9.17) is 14.2 Å². The molecule has 0 bridgehead atoms. The van der Waals surface area contributed by atoms with E-state index in [1.165, 1.54) is 244 Å². The molecule has 0 N–H and O–H groups in total. The normalized spacial score (nSPS) is 12.4. The number of esters is 3. The van der Waals surface area contributed by atoms with Crippen LogP contribution in [0.3, 0.4) is 0 Å². The highest BCUT2D eigenvalue weighted by Gasteiger charge is 2.19. The number of carbonyl (C=O) groups excluding carboxylic acids is 3. The van der Waals surface area contributed by atoms with Gasteiger partial charge in [-0.25, -0.2) is 0 Å². The van der Waals surface area contributed by atoms with Crippen molar-refractivity contribution in [2.75, 3.05) is 13.2 Å². The molecule has 0 aromatic carbocycles. The fourth-order valence-corrected chi connectivity index (χ4v) is 11.1. The summed E-state index contributed by atoms with van der Waals surface area (Å²) in [4.78, 5) is 38.3. The highest BCUT2D eigenvalue weighted by atomic mass is 16.6. The van der Waals surface area contributed by atoms with E-state index in [9.17, 15) is 14.4 Å². The van der Waals surface area contributed by atoms with Crippen molar-refractivity contribution in [3.63, 3.8) is 0 Å². The molecule has 0 fully saturated rings. The van der Waals surface area contributed by atoms with Crippen LogP contribution in [0.25, 0.3) is 0 Å². The lowest BCUT2D eigenvalue weighted by Crippen LogP contribution is -2.30. The van der Waals surface area contributed by atoms with Gasteiger partial charge in [0.15, 0.2) is 6.10 Å². The smallest absolute Gasteiger partial charge is 0.306 e. The number of carbonyl (C=O) groups is 3. The summed E-state index contributed by atoms with van der Waals surface area (Å²) in [5.74, 6) is -0.876. The molecule has 1 unspecified atom stereocenters. The minimum atomic E-state index is -0.783. The van der Waals surface area contributed by atoms with E-state index in [0.717, 1.165) is 109 Å². The molecule has 0 radical (unpaired) electrons. The quantitative estimate of drug-likeness (QED) is 0.0261. The van der Waals surface area contributed by atoms with Crippen molar-refractivity contribution >= 4 is 17.9 Å². The van der Waals surface area contributed by atoms with Crippen LogP contribution < -0.4 is 0 Å². The zero-order chi connectivity index (χ0) is 59.9. The van der Waals surface area contributed by atoms with Crippen molar-refractivity contribution in [3.05, 3.63) is 60.8 Å². The second kappa shape index (κ2) is 71.6. The molecular formula is C77H140O6. The van der Waals surface area contributed by atoms with E-state index < -0.39 is 6.10 Å². The molecule has 0 amide bonds. The minimum Gasteiger partial charge on any atom is -0.462 e. The zero-order valence-electron chi connectivity index (χ0n) is 55.7. The molecular weight excluding hydrogens is 1020 g/mol. The van der Waals surface area contributed by atoms with E-state index in [-0.39, 0.29) is 31.1 Å². The average molecular weight is 1160 g/mol. The van der Waals surface area contributed by atoms with Crippen LogP contribution in [-0.4, -0.2) is 37.2 Å². The first kappa shape index (κ1) is 80.1. The Labute approximate surface area is 517 Å². The molecule has 0 rings (SSSR count). The molecule has 1 atom stereocenters. The molecule has 6 nitrogen and oxygen atoms in total. The van der Waals surface area contributed by atoms with Gasteiger partial charge in [-0.2, -0.15) is 0 Å². The van der Waals surface area contributed by atoms with Gasteiger partial charge in [0, 0.05) is 19.3 Å². The van der Waals surface area contributed by atoms with Crippen molar-refractivity contribution in [2.45, 2.75) is 399 Å². The molecule has 0 spiro atoms. The Morgan fingerprint density at radius 2 is 0.470 bits per heavy atom. The summed E-state index contributed by atoms with van der Waals surface area (Å²) in [6, 6.07) is 0. The molecule has 0 aliphatic rings. The van der Waals surface area contributed by atoms with Gasteiger partial charge < -0.3 is 14.2 Å². The van der Waals surface area contributed by atoms with Crippen molar-refractivity contribution in [1.29, 1.82) is 0 Å². The molecule has 0 saturated heterocycles. The fraction of sp³-hybridized carbons (Fsp3) is 0.831. The lowest BCUT2D eigenvalue weighted by atomic mass is 10.0. The highest BCUT2D eigenvalue weighted by Crippen LogP contribution is 2.19. The summed E-state index contributed by atoms with van der Waals surface area (Å²) in [5, 5.41) is 0. The predicted octanol–water partition coefficient (Wildman–Crippen LogP) is 25.5. The Bertz CT molecular complexity index is 1470. The lowest BCUT2D eigenvalue weighted by molar-refractivity contribution is -0.167. The number of ether oxygens (including phenoxy) is 3. The average Bonchev–Trinajstić information content (AvgIpc) is 3.49. The zero-order valence-corrected chi connectivity index (χ0v) is 55.7. The second-order valence-electron chi connectivity index (χ2n) is 24.8. The van der Waals surface area contributed by atoms with Crippen molar-refractivity contribution in [1.82, 2.24) is 0 Å². The maximum Gasteiger partial charge on any atom is 0.306 e. The maximum atomic E-state index is 12.9. The third kappa shape index (κ3) is 69.8. The molecule has 0 saturated carbocycles. The monoisotopic (exact) mass is 1160 g/mol. The SMILES string of the molecule is CC/C=C\C/C=C\C/C=C\C/C=C\C/C=C\CCCCCCCC(=O)OC(COC(=O)CCCCCCCCCCCC)COC(=O)CCCCCCCCCCCCCCCCCCCCCCCCCCCCCCCCCCCC. The predicted molar refractivity (Wildman–Crippen MR) is 362 cm³/mol. The summed E-state index contributed by atoms with van der Waals surface area (Å²) in [6.45, 7) is 6.56. The van der Waals surface area contributed by atoms with Gasteiger partial charge in [-0.1, -0.05) is 370 Å². The molecule has 0 heterocycles. The number of hydrogen-bond acceptors (Lipinski definition) is 6. The first-order valence-corrected chi connectivity index (χ1v) is 36.8. The summed E-state index contributed by atoms with van der Waals surface area (Å²) in [5.41, 5.74) is 0. The highest BCUT2D eigenvalue weighted by molar-refractivity contribution is 5.71. The summed E-state index contributed by atoms with van der Waals surface area (Å²) in [7, 11) is 0. The van der Waals surface area contributed by atoms with Crippen LogP contribution in [0.15, 0.2) is 60.8 Å². The van der Waals surface area contributed by atoms with Crippen molar-refractivity contribution in [2.24, 2.45) is 0 Å². The topological polar surface area (TPSA) is 78.9 Å². The van der Waals surface area contributed by atoms with E-state index in [0.29, 0.717) is 19.3 Å². The molecule has 83 heavy (non-hydrogen) atoms. The van der Waals surface area contributed by atoms with E-state index in [1.807, 2.05) is 0 Å². The third-order valence-electron chi connectivity index (χ3n) is 16.5. The Kier molecular flexibility index (Phi) is 69.1. The first-order valence-electron chi connectivity index (χ1n) is 36.8. The van der Waals surface area contributed by atoms with Crippen LogP contribution in [0, 0.1) is 0 Å². The van der Waals surface area contributed by atoms with Crippen LogP contribution >= 0.6 is 0 Å². The van der Waals surface area contributed by atoms with Crippen molar-refractivity contribution in [3.8, 4) is 0 Å². The van der Waals surface area contributed by atoms with E-state index in [2.05, 4.69) is 81.5 Å². The Balaban J connectivity index is 4.08. The van der Waals surface area contributed by atoms with Gasteiger partial charge in [-0.3, -0.25) is 14.4 Å². The van der Waals surface area contributed by atoms with Gasteiger partial charge in [0.2, 0.25) is 0 Å². The maximum absolute atomic E-state index is 12.9. The molecule has 0 aliphatic heterocycles. The Morgan fingerprint density at radius 1 is 0.253 bits per heavy atom. The molecule has 6 heteroatoms. The van der Waals surface area contributed by atoms with Gasteiger partial charge in [-0.15, -0.1) is 0 Å². The Hall–Kier alpha value is -2.89. The molecule has 0 aromatic heterocycles. The van der Waals surface area contributed by atoms with Gasteiger partial charge in [-0.05, 0) is 64.2 Å². The largest absolute Gasteiger partial charge is 0.462 e. The molecule has 484 valence electrons. The molecule has 0 aromatic rings. The minimum absolute atomic E-state index is 0.0778. The van der Waals surface area contributed by atoms with E-state index >= 15 is 0 Å². The summed E-state index contributed by atoms with van der Waals surface area (Å²) in [6.07, 6.45) is 92.9. The van der Waals surface area contributed by atoms with Crippen LogP contribution in [-0.2, 0) is 28.6 Å². The fourth-order valence-electron chi connectivity index (χ4n) is 11.1. The Morgan fingerprint density at radius 3 is 0.735 bits per heavy atom. The van der Waals surface area contributed by atoms with Gasteiger partial charge in [0.05, 0.1) is 0 Å². The van der Waals surface area contributed by atoms with Gasteiger partial charge >= 0.3 is 17.9 Å². The van der Waals surface area contributed by atoms with Crippen LogP contribution in [0.2, 0.25) is 0 Å². The molecule has 0 aliphatic carbocycles. The standard InChI is InChI=1S/C77H140O6/c1-4-7-10-13-16-19-22-24-26-28-30-32-33-34-35-36-37-38-39-40-41-42-43-44-46-47-49-51-53-55-58-61-64-67-70-76(79)82-73-74(72-81-75(78)69-66-63-60-57-21-18-15-12-9-6-3)83-77(80)71-68-65-62-59-56-54-52-50-48-45-31-29-27-25-23-20-17-14-11-8-5-2/h8,11,17,20,25,27,31,45,50,52,74H,4-7,9-10,12-16,18-19,21-24,26,28-30,32-44,46-49,51,53-73H2,1-3H3/b11-8-,20-17-,27-25-,45-31-,52-50-. The van der Waals surface area contributed by atoms with E-state index in [1.54, 1.807) is 0 Å². The number of unbranched alkanes of at least 4 members (excludes halogenated alkanes) is 47.